The number of likely N-dealkylation sites (N-methyl/N-ethyl adjacent to an activating group) is 1. The minimum absolute atomic E-state index is 0.376. The quantitative estimate of drug-likeness (QED) is 0.785. The summed E-state index contributed by atoms with van der Waals surface area (Å²) >= 11 is 2.05. The van der Waals surface area contributed by atoms with Crippen molar-refractivity contribution < 1.29 is 0 Å². The smallest absolute Gasteiger partial charge is 0.0335 e. The van der Waals surface area contributed by atoms with Crippen LogP contribution in [-0.4, -0.2) is 42.1 Å². The fourth-order valence-corrected chi connectivity index (χ4v) is 3.44. The number of nitrogens with zero attached hydrogens (tertiary/aromatic N) is 1. The van der Waals surface area contributed by atoms with E-state index in [4.69, 9.17) is 5.73 Å². The molecule has 2 atom stereocenters. The SMILES string of the molecule is CC(C)CCCC(N)C1CSCCN1C. The van der Waals surface area contributed by atoms with Gasteiger partial charge < -0.3 is 10.6 Å². The van der Waals surface area contributed by atoms with Crippen molar-refractivity contribution in [1.82, 2.24) is 4.90 Å². The fourth-order valence-electron chi connectivity index (χ4n) is 2.11. The summed E-state index contributed by atoms with van der Waals surface area (Å²) < 4.78 is 0. The molecule has 2 nitrogen and oxygen atoms in total. The third kappa shape index (κ3) is 4.75. The van der Waals surface area contributed by atoms with Gasteiger partial charge in [0.2, 0.25) is 0 Å². The lowest BCUT2D eigenvalue weighted by atomic mass is 9.99. The molecule has 2 unspecified atom stereocenters. The summed E-state index contributed by atoms with van der Waals surface area (Å²) in [6, 6.07) is 0.984. The first kappa shape index (κ1) is 13.3. The van der Waals surface area contributed by atoms with Crippen LogP contribution in [0.2, 0.25) is 0 Å². The van der Waals surface area contributed by atoms with E-state index in [0.29, 0.717) is 12.1 Å². The molecule has 0 bridgehead atoms. The predicted octanol–water partition coefficient (Wildman–Crippen LogP) is 2.19. The standard InChI is InChI=1S/C12H26N2S/c1-10(2)5-4-6-11(13)12-9-15-8-7-14(12)3/h10-12H,4-9,13H2,1-3H3. The van der Waals surface area contributed by atoms with Crippen LogP contribution >= 0.6 is 11.8 Å². The summed E-state index contributed by atoms with van der Waals surface area (Å²) in [7, 11) is 2.21. The highest BCUT2D eigenvalue weighted by molar-refractivity contribution is 7.99. The van der Waals surface area contributed by atoms with Crippen LogP contribution in [0.25, 0.3) is 0 Å². The van der Waals surface area contributed by atoms with Crippen LogP contribution in [0, 0.1) is 5.92 Å². The average Bonchev–Trinajstić information content (AvgIpc) is 2.17. The van der Waals surface area contributed by atoms with E-state index in [9.17, 15) is 0 Å². The van der Waals surface area contributed by atoms with Gasteiger partial charge in [0.25, 0.3) is 0 Å². The van der Waals surface area contributed by atoms with Crippen molar-refractivity contribution in [2.75, 3.05) is 25.1 Å². The van der Waals surface area contributed by atoms with Gasteiger partial charge in [0, 0.05) is 30.1 Å². The number of rotatable bonds is 5. The van der Waals surface area contributed by atoms with E-state index in [-0.39, 0.29) is 0 Å². The molecule has 1 rings (SSSR count). The van der Waals surface area contributed by atoms with Crippen LogP contribution in [0.5, 0.6) is 0 Å². The maximum atomic E-state index is 6.27. The monoisotopic (exact) mass is 230 g/mol. The van der Waals surface area contributed by atoms with Crippen molar-refractivity contribution in [1.29, 1.82) is 0 Å². The van der Waals surface area contributed by atoms with Crippen LogP contribution in [0.4, 0.5) is 0 Å². The Morgan fingerprint density at radius 1 is 1.40 bits per heavy atom. The van der Waals surface area contributed by atoms with Gasteiger partial charge in [-0.15, -0.1) is 0 Å². The zero-order valence-electron chi connectivity index (χ0n) is 10.4. The molecule has 1 aliphatic rings. The van der Waals surface area contributed by atoms with Gasteiger partial charge in [-0.05, 0) is 19.4 Å². The molecule has 1 fully saturated rings. The van der Waals surface area contributed by atoms with Gasteiger partial charge in [0.15, 0.2) is 0 Å². The molecule has 1 heterocycles. The normalized spacial score (nSPS) is 25.8. The van der Waals surface area contributed by atoms with Crippen molar-refractivity contribution in [2.24, 2.45) is 11.7 Å². The second-order valence-electron chi connectivity index (χ2n) is 5.11. The first-order valence-corrected chi connectivity index (χ1v) is 7.30. The minimum atomic E-state index is 0.376. The van der Waals surface area contributed by atoms with Crippen LogP contribution in [0.3, 0.4) is 0 Å². The highest BCUT2D eigenvalue weighted by atomic mass is 32.2. The Balaban J connectivity index is 2.22. The third-order valence-electron chi connectivity index (χ3n) is 3.26. The molecule has 1 saturated heterocycles. The van der Waals surface area contributed by atoms with Gasteiger partial charge in [-0.2, -0.15) is 11.8 Å². The summed E-state index contributed by atoms with van der Waals surface area (Å²) in [5.74, 6) is 3.31. The molecule has 2 N–H and O–H groups in total. The first-order chi connectivity index (χ1) is 7.11. The highest BCUT2D eigenvalue weighted by Crippen LogP contribution is 2.19. The zero-order chi connectivity index (χ0) is 11.3. The Kier molecular flexibility index (Phi) is 6.02. The molecule has 0 radical (unpaired) electrons. The van der Waals surface area contributed by atoms with Crippen molar-refractivity contribution in [3.63, 3.8) is 0 Å². The molecular weight excluding hydrogens is 204 g/mol. The van der Waals surface area contributed by atoms with E-state index in [2.05, 4.69) is 37.6 Å². The topological polar surface area (TPSA) is 29.3 Å². The van der Waals surface area contributed by atoms with Gasteiger partial charge in [0.1, 0.15) is 0 Å². The van der Waals surface area contributed by atoms with Gasteiger partial charge in [0.05, 0.1) is 0 Å². The largest absolute Gasteiger partial charge is 0.326 e. The van der Waals surface area contributed by atoms with Crippen LogP contribution in [-0.2, 0) is 0 Å². The summed E-state index contributed by atoms with van der Waals surface area (Å²) in [5, 5.41) is 0. The van der Waals surface area contributed by atoms with E-state index in [1.54, 1.807) is 0 Å². The number of hydrogen-bond acceptors (Lipinski definition) is 3. The second kappa shape index (κ2) is 6.77. The van der Waals surface area contributed by atoms with E-state index in [1.165, 1.54) is 37.3 Å². The first-order valence-electron chi connectivity index (χ1n) is 6.15. The number of hydrogen-bond donors (Lipinski definition) is 1. The molecule has 1 aliphatic heterocycles. The van der Waals surface area contributed by atoms with Crippen molar-refractivity contribution in [3.8, 4) is 0 Å². The molecule has 0 aliphatic carbocycles. The molecule has 0 aromatic carbocycles. The van der Waals surface area contributed by atoms with E-state index in [1.807, 2.05) is 0 Å². The molecule has 15 heavy (non-hydrogen) atoms. The Hall–Kier alpha value is 0.270. The zero-order valence-corrected chi connectivity index (χ0v) is 11.2. The molecule has 0 aromatic rings. The lowest BCUT2D eigenvalue weighted by molar-refractivity contribution is 0.227. The predicted molar refractivity (Wildman–Crippen MR) is 70.4 cm³/mol. The lowest BCUT2D eigenvalue weighted by Gasteiger charge is -2.36. The van der Waals surface area contributed by atoms with E-state index >= 15 is 0 Å². The Bertz CT molecular complexity index is 173. The second-order valence-corrected chi connectivity index (χ2v) is 6.26. The van der Waals surface area contributed by atoms with E-state index in [0.717, 1.165) is 5.92 Å². The van der Waals surface area contributed by atoms with Gasteiger partial charge in [-0.1, -0.05) is 26.7 Å². The van der Waals surface area contributed by atoms with Crippen molar-refractivity contribution >= 4 is 11.8 Å². The summed E-state index contributed by atoms with van der Waals surface area (Å²) in [6.45, 7) is 5.77. The maximum absolute atomic E-state index is 6.27. The van der Waals surface area contributed by atoms with Crippen molar-refractivity contribution in [2.45, 2.75) is 45.2 Å². The number of thioether (sulfide) groups is 1. The number of nitrogens with two attached hydrogens (primary N) is 1. The Morgan fingerprint density at radius 2 is 2.13 bits per heavy atom. The maximum Gasteiger partial charge on any atom is 0.0335 e. The van der Waals surface area contributed by atoms with Gasteiger partial charge >= 0.3 is 0 Å². The molecule has 90 valence electrons. The summed E-state index contributed by atoms with van der Waals surface area (Å²) in [5.41, 5.74) is 6.27. The highest BCUT2D eigenvalue weighted by Gasteiger charge is 2.24. The minimum Gasteiger partial charge on any atom is -0.326 e. The lowest BCUT2D eigenvalue weighted by Crippen LogP contribution is -2.50. The van der Waals surface area contributed by atoms with Crippen LogP contribution in [0.1, 0.15) is 33.1 Å². The van der Waals surface area contributed by atoms with Crippen molar-refractivity contribution in [3.05, 3.63) is 0 Å². The summed E-state index contributed by atoms with van der Waals surface area (Å²) in [4.78, 5) is 2.44. The molecule has 0 amide bonds. The van der Waals surface area contributed by atoms with Gasteiger partial charge in [-0.3, -0.25) is 0 Å². The average molecular weight is 230 g/mol. The van der Waals surface area contributed by atoms with Gasteiger partial charge in [-0.25, -0.2) is 0 Å². The molecule has 0 spiro atoms. The van der Waals surface area contributed by atoms with Crippen LogP contribution < -0.4 is 5.73 Å². The molecule has 0 aromatic heterocycles. The molecular formula is C12H26N2S. The fraction of sp³-hybridized carbons (Fsp3) is 1.00. The molecule has 0 saturated carbocycles. The van der Waals surface area contributed by atoms with E-state index < -0.39 is 0 Å². The third-order valence-corrected chi connectivity index (χ3v) is 4.30. The Morgan fingerprint density at radius 3 is 2.73 bits per heavy atom. The molecule has 3 heteroatoms. The summed E-state index contributed by atoms with van der Waals surface area (Å²) in [6.07, 6.45) is 3.79. The van der Waals surface area contributed by atoms with Crippen LogP contribution in [0.15, 0.2) is 0 Å². The Labute approximate surface area is 99.0 Å².